The minimum absolute atomic E-state index is 0.0916. The lowest BCUT2D eigenvalue weighted by Crippen LogP contribution is -2.40. The van der Waals surface area contributed by atoms with Gasteiger partial charge in [-0.05, 0) is 24.7 Å². The van der Waals surface area contributed by atoms with Gasteiger partial charge in [-0.2, -0.15) is 0 Å². The van der Waals surface area contributed by atoms with Crippen LogP contribution in [0.3, 0.4) is 0 Å². The summed E-state index contributed by atoms with van der Waals surface area (Å²) in [5.41, 5.74) is -0.208. The highest BCUT2D eigenvalue weighted by molar-refractivity contribution is 5.76. The third kappa shape index (κ3) is 8.97. The molecular weight excluding hydrogens is 290 g/mol. The number of carbonyl (C=O) groups excluding carboxylic acids is 1. The molecule has 0 heterocycles. The summed E-state index contributed by atoms with van der Waals surface area (Å²) in [5, 5.41) is 12.2. The number of hydrogen-bond donors (Lipinski definition) is 2. The number of aliphatic carboxylic acids is 1. The molecule has 1 rings (SSSR count). The second-order valence-electron chi connectivity index (χ2n) is 7.28. The van der Waals surface area contributed by atoms with Crippen LogP contribution < -0.4 is 5.32 Å². The number of unbranched alkanes of at least 4 members (excludes halogenated alkanes) is 6. The van der Waals surface area contributed by atoms with E-state index in [9.17, 15) is 9.59 Å². The van der Waals surface area contributed by atoms with Gasteiger partial charge < -0.3 is 10.4 Å². The zero-order chi connectivity index (χ0) is 17.0. The van der Waals surface area contributed by atoms with Crippen molar-refractivity contribution in [3.05, 3.63) is 0 Å². The average molecular weight is 325 g/mol. The van der Waals surface area contributed by atoms with E-state index in [0.29, 0.717) is 13.0 Å². The number of amides is 1. The summed E-state index contributed by atoms with van der Waals surface area (Å²) in [6.07, 6.45) is 14.4. The Hall–Kier alpha value is -1.06. The fourth-order valence-electron chi connectivity index (χ4n) is 3.66. The number of carboxylic acid groups (broad SMARTS) is 1. The number of carbonyl (C=O) groups is 2. The lowest BCUT2D eigenvalue weighted by molar-refractivity contribution is -0.140. The van der Waals surface area contributed by atoms with Crippen molar-refractivity contribution in [3.8, 4) is 0 Å². The van der Waals surface area contributed by atoms with Crippen LogP contribution in [0, 0.1) is 5.41 Å². The summed E-state index contributed by atoms with van der Waals surface area (Å²) in [6, 6.07) is 0. The van der Waals surface area contributed by atoms with Crippen LogP contribution in [0.1, 0.15) is 96.8 Å². The number of nitrogens with one attached hydrogen (secondary N) is 1. The Morgan fingerprint density at radius 1 is 0.957 bits per heavy atom. The van der Waals surface area contributed by atoms with Gasteiger partial charge in [0, 0.05) is 13.0 Å². The minimum Gasteiger partial charge on any atom is -0.481 e. The quantitative estimate of drug-likeness (QED) is 0.512. The van der Waals surface area contributed by atoms with E-state index < -0.39 is 5.97 Å². The van der Waals surface area contributed by atoms with E-state index in [4.69, 9.17) is 5.11 Å². The molecule has 0 radical (unpaired) electrons. The van der Waals surface area contributed by atoms with Gasteiger partial charge in [0.25, 0.3) is 0 Å². The first-order valence-corrected chi connectivity index (χ1v) is 9.56. The normalized spacial score (nSPS) is 16.9. The molecule has 0 unspecified atom stereocenters. The largest absolute Gasteiger partial charge is 0.481 e. The summed E-state index contributed by atoms with van der Waals surface area (Å²) < 4.78 is 0. The molecule has 23 heavy (non-hydrogen) atoms. The molecule has 4 heteroatoms. The van der Waals surface area contributed by atoms with Crippen LogP contribution in [0.2, 0.25) is 0 Å². The Bertz CT molecular complexity index is 349. The van der Waals surface area contributed by atoms with E-state index >= 15 is 0 Å². The first-order chi connectivity index (χ1) is 11.1. The number of hydrogen-bond acceptors (Lipinski definition) is 2. The van der Waals surface area contributed by atoms with Crippen LogP contribution in [0.15, 0.2) is 0 Å². The minimum atomic E-state index is -0.742. The third-order valence-electron chi connectivity index (χ3n) is 5.11. The van der Waals surface area contributed by atoms with Crippen LogP contribution in [0.5, 0.6) is 0 Å². The van der Waals surface area contributed by atoms with Gasteiger partial charge in [0.15, 0.2) is 0 Å². The van der Waals surface area contributed by atoms with Crippen molar-refractivity contribution in [1.82, 2.24) is 5.32 Å². The molecule has 1 fully saturated rings. The SMILES string of the molecule is CCCCCCCCCC(=O)NCC1(CC(=O)O)CCCCC1. The summed E-state index contributed by atoms with van der Waals surface area (Å²) >= 11 is 0. The Morgan fingerprint density at radius 3 is 2.17 bits per heavy atom. The topological polar surface area (TPSA) is 66.4 Å². The van der Waals surface area contributed by atoms with Crippen molar-refractivity contribution in [2.75, 3.05) is 6.54 Å². The van der Waals surface area contributed by atoms with Crippen LogP contribution >= 0.6 is 0 Å². The molecule has 1 saturated carbocycles. The second kappa shape index (κ2) is 11.5. The van der Waals surface area contributed by atoms with Gasteiger partial charge in [-0.3, -0.25) is 9.59 Å². The zero-order valence-corrected chi connectivity index (χ0v) is 14.9. The number of carboxylic acids is 1. The molecule has 0 saturated heterocycles. The lowest BCUT2D eigenvalue weighted by atomic mass is 9.71. The molecule has 1 aliphatic carbocycles. The molecule has 2 N–H and O–H groups in total. The highest BCUT2D eigenvalue weighted by Gasteiger charge is 2.34. The van der Waals surface area contributed by atoms with Crippen molar-refractivity contribution >= 4 is 11.9 Å². The Balaban J connectivity index is 2.18. The van der Waals surface area contributed by atoms with Gasteiger partial charge in [0.1, 0.15) is 0 Å². The van der Waals surface area contributed by atoms with Crippen molar-refractivity contribution in [2.45, 2.75) is 96.8 Å². The van der Waals surface area contributed by atoms with Crippen molar-refractivity contribution in [3.63, 3.8) is 0 Å². The lowest BCUT2D eigenvalue weighted by Gasteiger charge is -2.36. The van der Waals surface area contributed by atoms with Gasteiger partial charge in [-0.1, -0.05) is 64.7 Å². The van der Waals surface area contributed by atoms with E-state index in [0.717, 1.165) is 38.5 Å². The molecular formula is C19H35NO3. The molecule has 0 spiro atoms. The van der Waals surface area contributed by atoms with Crippen LogP contribution in [0.25, 0.3) is 0 Å². The van der Waals surface area contributed by atoms with Crippen molar-refractivity contribution in [2.24, 2.45) is 5.41 Å². The average Bonchev–Trinajstić information content (AvgIpc) is 2.52. The molecule has 4 nitrogen and oxygen atoms in total. The van der Waals surface area contributed by atoms with Gasteiger partial charge in [-0.15, -0.1) is 0 Å². The maximum atomic E-state index is 12.0. The van der Waals surface area contributed by atoms with Gasteiger partial charge in [-0.25, -0.2) is 0 Å². The molecule has 0 atom stereocenters. The molecule has 0 aliphatic heterocycles. The maximum Gasteiger partial charge on any atom is 0.303 e. The smallest absolute Gasteiger partial charge is 0.303 e. The van der Waals surface area contributed by atoms with Crippen molar-refractivity contribution in [1.29, 1.82) is 0 Å². The summed E-state index contributed by atoms with van der Waals surface area (Å²) in [4.78, 5) is 23.1. The van der Waals surface area contributed by atoms with Gasteiger partial charge >= 0.3 is 5.97 Å². The third-order valence-corrected chi connectivity index (χ3v) is 5.11. The molecule has 0 aromatic carbocycles. The Kier molecular flexibility index (Phi) is 9.97. The molecule has 134 valence electrons. The molecule has 0 aromatic rings. The standard InChI is InChI=1S/C19H35NO3/c1-2-3-4-5-6-7-9-12-17(21)20-16-19(15-18(22)23)13-10-8-11-14-19/h2-16H2,1H3,(H,20,21)(H,22,23). The predicted molar refractivity (Wildman–Crippen MR) is 93.4 cm³/mol. The maximum absolute atomic E-state index is 12.0. The summed E-state index contributed by atoms with van der Waals surface area (Å²) in [5.74, 6) is -0.651. The zero-order valence-electron chi connectivity index (χ0n) is 14.9. The molecule has 1 aliphatic rings. The van der Waals surface area contributed by atoms with E-state index in [1.165, 1.54) is 38.5 Å². The van der Waals surface area contributed by atoms with Gasteiger partial charge in [0.2, 0.25) is 5.91 Å². The first kappa shape index (κ1) is 20.0. The molecule has 0 aromatic heterocycles. The molecule has 1 amide bonds. The number of rotatable bonds is 12. The fourth-order valence-corrected chi connectivity index (χ4v) is 3.66. The second-order valence-corrected chi connectivity index (χ2v) is 7.28. The van der Waals surface area contributed by atoms with Crippen LogP contribution in [-0.2, 0) is 9.59 Å². The van der Waals surface area contributed by atoms with Gasteiger partial charge in [0.05, 0.1) is 6.42 Å². The fraction of sp³-hybridized carbons (Fsp3) is 0.895. The van der Waals surface area contributed by atoms with Crippen LogP contribution in [-0.4, -0.2) is 23.5 Å². The summed E-state index contributed by atoms with van der Waals surface area (Å²) in [6.45, 7) is 2.75. The Morgan fingerprint density at radius 2 is 1.57 bits per heavy atom. The first-order valence-electron chi connectivity index (χ1n) is 9.56. The van der Waals surface area contributed by atoms with Crippen molar-refractivity contribution < 1.29 is 14.7 Å². The highest BCUT2D eigenvalue weighted by atomic mass is 16.4. The predicted octanol–water partition coefficient (Wildman–Crippen LogP) is 4.67. The van der Waals surface area contributed by atoms with E-state index in [-0.39, 0.29) is 17.7 Å². The van der Waals surface area contributed by atoms with E-state index in [1.54, 1.807) is 0 Å². The molecule has 0 bridgehead atoms. The highest BCUT2D eigenvalue weighted by Crippen LogP contribution is 2.38. The summed E-state index contributed by atoms with van der Waals surface area (Å²) in [7, 11) is 0. The van der Waals surface area contributed by atoms with E-state index in [1.807, 2.05) is 0 Å². The van der Waals surface area contributed by atoms with Crippen LogP contribution in [0.4, 0.5) is 0 Å². The Labute approximate surface area is 141 Å². The van der Waals surface area contributed by atoms with E-state index in [2.05, 4.69) is 12.2 Å². The monoisotopic (exact) mass is 325 g/mol.